The zero-order valence-electron chi connectivity index (χ0n) is 11.6. The molecule has 2 heteroatoms. The molecule has 0 spiro atoms. The number of hydrogen-bond acceptors (Lipinski definition) is 1. The maximum atomic E-state index is 4.26. The Morgan fingerprint density at radius 2 is 2.10 bits per heavy atom. The molecular formula is C18H18N2. The van der Waals surface area contributed by atoms with Crippen LogP contribution >= 0.6 is 0 Å². The molecule has 100 valence electrons. The Labute approximate surface area is 119 Å². The number of hydrogen-bond donors (Lipinski definition) is 1. The zero-order chi connectivity index (χ0) is 13.6. The van der Waals surface area contributed by atoms with Crippen LogP contribution in [0.4, 0.5) is 0 Å². The van der Waals surface area contributed by atoms with Crippen LogP contribution in [0, 0.1) is 5.41 Å². The normalized spacial score (nSPS) is 27.6. The summed E-state index contributed by atoms with van der Waals surface area (Å²) in [6.45, 7) is 2.39. The molecule has 4 rings (SSSR count). The number of rotatable bonds is 1. The highest BCUT2D eigenvalue weighted by Crippen LogP contribution is 2.55. The van der Waals surface area contributed by atoms with Crippen molar-refractivity contribution in [1.82, 2.24) is 10.2 Å². The first-order valence-corrected chi connectivity index (χ1v) is 7.24. The summed E-state index contributed by atoms with van der Waals surface area (Å²) in [5.74, 6) is 0.519. The van der Waals surface area contributed by atoms with Gasteiger partial charge >= 0.3 is 0 Å². The van der Waals surface area contributed by atoms with Crippen molar-refractivity contribution >= 4 is 5.57 Å². The fraction of sp³-hybridized carbons (Fsp3) is 0.278. The zero-order valence-corrected chi connectivity index (χ0v) is 11.6. The lowest BCUT2D eigenvalue weighted by Crippen LogP contribution is -2.33. The van der Waals surface area contributed by atoms with E-state index in [1.165, 1.54) is 22.4 Å². The van der Waals surface area contributed by atoms with Crippen LogP contribution in [0.3, 0.4) is 0 Å². The average Bonchev–Trinajstić information content (AvgIpc) is 2.95. The maximum absolute atomic E-state index is 4.26. The summed E-state index contributed by atoms with van der Waals surface area (Å²) in [7, 11) is 0. The predicted molar refractivity (Wildman–Crippen MR) is 81.3 cm³/mol. The molecular weight excluding hydrogens is 244 g/mol. The first-order chi connectivity index (χ1) is 9.79. The number of aromatic amines is 1. The topological polar surface area (TPSA) is 28.7 Å². The summed E-state index contributed by atoms with van der Waals surface area (Å²) in [4.78, 5) is 0. The highest BCUT2D eigenvalue weighted by molar-refractivity contribution is 5.75. The summed E-state index contributed by atoms with van der Waals surface area (Å²) >= 11 is 0. The fourth-order valence-corrected chi connectivity index (χ4v) is 3.79. The minimum Gasteiger partial charge on any atom is -0.278 e. The molecule has 1 heterocycles. The predicted octanol–water partition coefficient (Wildman–Crippen LogP) is 4.10. The van der Waals surface area contributed by atoms with Gasteiger partial charge in [-0.2, -0.15) is 5.10 Å². The fourth-order valence-electron chi connectivity index (χ4n) is 3.79. The van der Waals surface area contributed by atoms with Crippen LogP contribution in [0.2, 0.25) is 0 Å². The molecule has 2 aromatic rings. The van der Waals surface area contributed by atoms with E-state index in [4.69, 9.17) is 0 Å². The number of allylic oxidation sites excluding steroid dienone is 4. The summed E-state index contributed by atoms with van der Waals surface area (Å²) in [6, 6.07) is 10.9. The first-order valence-electron chi connectivity index (χ1n) is 7.24. The number of benzene rings is 1. The Hall–Kier alpha value is -2.09. The van der Waals surface area contributed by atoms with E-state index in [0.717, 1.165) is 12.8 Å². The minimum absolute atomic E-state index is 0.162. The Kier molecular flexibility index (Phi) is 2.46. The van der Waals surface area contributed by atoms with Crippen LogP contribution in [0.5, 0.6) is 0 Å². The second-order valence-corrected chi connectivity index (χ2v) is 6.07. The third kappa shape index (κ3) is 1.54. The summed E-state index contributed by atoms with van der Waals surface area (Å²) in [5, 5.41) is 7.47. The van der Waals surface area contributed by atoms with Crippen molar-refractivity contribution in [2.75, 3.05) is 0 Å². The van der Waals surface area contributed by atoms with Gasteiger partial charge in [-0.15, -0.1) is 0 Å². The molecule has 0 radical (unpaired) electrons. The van der Waals surface area contributed by atoms with Gasteiger partial charge < -0.3 is 0 Å². The molecule has 1 aromatic heterocycles. The van der Waals surface area contributed by atoms with Gasteiger partial charge in [-0.25, -0.2) is 0 Å². The van der Waals surface area contributed by atoms with E-state index >= 15 is 0 Å². The van der Waals surface area contributed by atoms with Crippen LogP contribution in [0.15, 0.2) is 54.8 Å². The Balaban J connectivity index is 1.90. The van der Waals surface area contributed by atoms with Crippen LogP contribution in [-0.4, -0.2) is 10.2 Å². The Morgan fingerprint density at radius 3 is 2.95 bits per heavy atom. The molecule has 0 bridgehead atoms. The Morgan fingerprint density at radius 1 is 1.25 bits per heavy atom. The summed E-state index contributed by atoms with van der Waals surface area (Å²) in [5.41, 5.74) is 5.59. The third-order valence-electron chi connectivity index (χ3n) is 4.94. The van der Waals surface area contributed by atoms with Crippen molar-refractivity contribution in [1.29, 1.82) is 0 Å². The van der Waals surface area contributed by atoms with Gasteiger partial charge in [-0.05, 0) is 35.5 Å². The number of fused-ring (bicyclic) bond motifs is 3. The van der Waals surface area contributed by atoms with Crippen molar-refractivity contribution in [2.24, 2.45) is 5.41 Å². The van der Waals surface area contributed by atoms with E-state index in [2.05, 4.69) is 65.7 Å². The van der Waals surface area contributed by atoms with Gasteiger partial charge in [0, 0.05) is 5.41 Å². The SMILES string of the molecule is CC12CC=CC=C1c1[nH]ncc1CC2c1ccccc1. The van der Waals surface area contributed by atoms with E-state index in [9.17, 15) is 0 Å². The lowest BCUT2D eigenvalue weighted by Gasteiger charge is -2.44. The molecule has 0 saturated carbocycles. The van der Waals surface area contributed by atoms with Gasteiger partial charge in [-0.1, -0.05) is 55.5 Å². The standard InChI is InChI=1S/C18H18N2/c1-18-10-6-5-9-15(18)17-14(12-19-20-17)11-16(18)13-7-3-2-4-8-13/h2-9,12,16H,10-11H2,1H3,(H,19,20). The lowest BCUT2D eigenvalue weighted by molar-refractivity contribution is 0.338. The quantitative estimate of drug-likeness (QED) is 0.823. The van der Waals surface area contributed by atoms with Crippen molar-refractivity contribution < 1.29 is 0 Å². The maximum Gasteiger partial charge on any atom is 0.0647 e. The van der Waals surface area contributed by atoms with Crippen molar-refractivity contribution in [3.05, 3.63) is 71.6 Å². The molecule has 2 unspecified atom stereocenters. The minimum atomic E-state index is 0.162. The summed E-state index contributed by atoms with van der Waals surface area (Å²) < 4.78 is 0. The molecule has 0 fully saturated rings. The smallest absolute Gasteiger partial charge is 0.0647 e. The molecule has 2 atom stereocenters. The lowest BCUT2D eigenvalue weighted by atomic mass is 9.59. The van der Waals surface area contributed by atoms with E-state index < -0.39 is 0 Å². The second-order valence-electron chi connectivity index (χ2n) is 6.07. The van der Waals surface area contributed by atoms with E-state index in [0.29, 0.717) is 5.92 Å². The molecule has 1 N–H and O–H groups in total. The van der Waals surface area contributed by atoms with Gasteiger partial charge in [0.15, 0.2) is 0 Å². The number of aromatic nitrogens is 2. The monoisotopic (exact) mass is 262 g/mol. The molecule has 20 heavy (non-hydrogen) atoms. The van der Waals surface area contributed by atoms with E-state index in [-0.39, 0.29) is 5.41 Å². The van der Waals surface area contributed by atoms with Crippen LogP contribution in [0.1, 0.15) is 36.1 Å². The molecule has 2 nitrogen and oxygen atoms in total. The molecule has 0 aliphatic heterocycles. The largest absolute Gasteiger partial charge is 0.278 e. The van der Waals surface area contributed by atoms with Crippen LogP contribution < -0.4 is 0 Å². The van der Waals surface area contributed by atoms with E-state index in [1.807, 2.05) is 6.20 Å². The van der Waals surface area contributed by atoms with Crippen molar-refractivity contribution in [3.8, 4) is 0 Å². The van der Waals surface area contributed by atoms with Crippen molar-refractivity contribution in [2.45, 2.75) is 25.7 Å². The Bertz CT molecular complexity index is 693. The molecule has 0 saturated heterocycles. The van der Waals surface area contributed by atoms with Crippen molar-refractivity contribution in [3.63, 3.8) is 0 Å². The number of nitrogens with zero attached hydrogens (tertiary/aromatic N) is 1. The van der Waals surface area contributed by atoms with Gasteiger partial charge in [0.05, 0.1) is 11.9 Å². The highest BCUT2D eigenvalue weighted by atomic mass is 15.1. The van der Waals surface area contributed by atoms with Crippen LogP contribution in [0.25, 0.3) is 5.57 Å². The number of nitrogens with one attached hydrogen (secondary N) is 1. The van der Waals surface area contributed by atoms with Crippen LogP contribution in [-0.2, 0) is 6.42 Å². The first kappa shape index (κ1) is 11.7. The summed E-state index contributed by atoms with van der Waals surface area (Å²) in [6.07, 6.45) is 10.9. The third-order valence-corrected chi connectivity index (χ3v) is 4.94. The molecule has 2 aliphatic carbocycles. The van der Waals surface area contributed by atoms with Gasteiger partial charge in [0.2, 0.25) is 0 Å². The second kappa shape index (κ2) is 4.20. The molecule has 2 aliphatic rings. The number of H-pyrrole nitrogens is 1. The molecule has 0 amide bonds. The average molecular weight is 262 g/mol. The van der Waals surface area contributed by atoms with E-state index in [1.54, 1.807) is 0 Å². The molecule has 1 aromatic carbocycles. The van der Waals surface area contributed by atoms with Gasteiger partial charge in [0.25, 0.3) is 0 Å². The van der Waals surface area contributed by atoms with Gasteiger partial charge in [0.1, 0.15) is 0 Å². The highest BCUT2D eigenvalue weighted by Gasteiger charge is 2.44. The van der Waals surface area contributed by atoms with Gasteiger partial charge in [-0.3, -0.25) is 5.10 Å².